The molecule has 2 atom stereocenters. The van der Waals surface area contributed by atoms with Crippen molar-refractivity contribution in [2.45, 2.75) is 105 Å². The molecule has 12 nitrogen and oxygen atoms in total. The molecule has 12 heteroatoms. The van der Waals surface area contributed by atoms with E-state index in [-0.39, 0.29) is 43.6 Å². The quantitative estimate of drug-likeness (QED) is 0.132. The number of H-pyrrole nitrogens is 2. The van der Waals surface area contributed by atoms with Crippen LogP contribution >= 0.6 is 0 Å². The lowest BCUT2D eigenvalue weighted by Crippen LogP contribution is -2.30. The lowest BCUT2D eigenvalue weighted by Gasteiger charge is -2.19. The molecule has 0 unspecified atom stereocenters. The zero-order valence-electron chi connectivity index (χ0n) is 33.7. The Morgan fingerprint density at radius 2 is 1.56 bits per heavy atom. The monoisotopic (exact) mass is 751 g/mol. The molecule has 0 fully saturated rings. The van der Waals surface area contributed by atoms with Crippen molar-refractivity contribution < 1.29 is 33.4 Å². The number of amides is 1. The number of aryl methyl sites for hydroxylation is 3. The van der Waals surface area contributed by atoms with Crippen LogP contribution in [-0.4, -0.2) is 70.1 Å². The Morgan fingerprint density at radius 3 is 2.20 bits per heavy atom. The van der Waals surface area contributed by atoms with Crippen LogP contribution in [0, 0.1) is 13.8 Å². The van der Waals surface area contributed by atoms with Crippen molar-refractivity contribution in [1.82, 2.24) is 25.3 Å². The van der Waals surface area contributed by atoms with Crippen molar-refractivity contribution >= 4 is 57.0 Å². The number of nitrogens with zero attached hydrogens (tertiary/aromatic N) is 2. The fourth-order valence-corrected chi connectivity index (χ4v) is 7.47. The second kappa shape index (κ2) is 16.5. The molecule has 5 rings (SSSR count). The van der Waals surface area contributed by atoms with E-state index in [4.69, 9.17) is 24.2 Å². The summed E-state index contributed by atoms with van der Waals surface area (Å²) in [5, 5.41) is 2.91. The highest BCUT2D eigenvalue weighted by atomic mass is 16.6. The van der Waals surface area contributed by atoms with E-state index in [9.17, 15) is 19.2 Å². The van der Waals surface area contributed by atoms with Gasteiger partial charge in [0.15, 0.2) is 0 Å². The lowest BCUT2D eigenvalue weighted by molar-refractivity contribution is -0.154. The van der Waals surface area contributed by atoms with Crippen LogP contribution in [0.2, 0.25) is 0 Å². The molecule has 2 aliphatic heterocycles. The summed E-state index contributed by atoms with van der Waals surface area (Å²) in [5.41, 5.74) is 10.3. The highest BCUT2D eigenvalue weighted by molar-refractivity contribution is 6.06. The van der Waals surface area contributed by atoms with E-state index in [2.05, 4.69) is 35.7 Å². The third-order valence-corrected chi connectivity index (χ3v) is 10.4. The molecule has 55 heavy (non-hydrogen) atoms. The van der Waals surface area contributed by atoms with Gasteiger partial charge in [0.05, 0.1) is 55.2 Å². The van der Waals surface area contributed by atoms with E-state index in [0.717, 1.165) is 51.1 Å². The van der Waals surface area contributed by atoms with Crippen molar-refractivity contribution in [3.8, 4) is 0 Å². The first-order chi connectivity index (χ1) is 26.0. The summed E-state index contributed by atoms with van der Waals surface area (Å²) in [4.78, 5) is 70.0. The Balaban J connectivity index is 1.90. The largest absolute Gasteiger partial charge is 0.469 e. The van der Waals surface area contributed by atoms with Crippen molar-refractivity contribution in [3.05, 3.63) is 81.4 Å². The van der Waals surface area contributed by atoms with E-state index in [1.54, 1.807) is 20.8 Å². The van der Waals surface area contributed by atoms with Crippen LogP contribution in [0.3, 0.4) is 0 Å². The van der Waals surface area contributed by atoms with Crippen LogP contribution in [0.4, 0.5) is 0 Å². The maximum atomic E-state index is 14.3. The molecule has 1 amide bonds. The Morgan fingerprint density at radius 1 is 0.873 bits per heavy atom. The van der Waals surface area contributed by atoms with E-state index in [1.807, 2.05) is 45.0 Å². The summed E-state index contributed by atoms with van der Waals surface area (Å²) >= 11 is 0. The summed E-state index contributed by atoms with van der Waals surface area (Å²) in [6.07, 6.45) is 2.81. The number of fused-ring (bicyclic) bond motifs is 8. The summed E-state index contributed by atoms with van der Waals surface area (Å²) < 4.78 is 15.7. The first-order valence-electron chi connectivity index (χ1n) is 18.7. The Bertz CT molecular complexity index is 2250. The number of carbonyl (C=O) groups excluding carboxylic acids is 4. The Hall–Kier alpha value is -5.52. The average Bonchev–Trinajstić information content (AvgIpc) is 3.81. The zero-order valence-corrected chi connectivity index (χ0v) is 33.7. The number of hydrogen-bond acceptors (Lipinski definition) is 9. The highest BCUT2D eigenvalue weighted by Gasteiger charge is 2.34. The molecule has 0 spiro atoms. The number of aromatic amines is 2. The van der Waals surface area contributed by atoms with Gasteiger partial charge in [0.1, 0.15) is 5.60 Å². The molecule has 0 radical (unpaired) electrons. The van der Waals surface area contributed by atoms with Gasteiger partial charge < -0.3 is 29.5 Å². The Labute approximate surface area is 322 Å². The minimum atomic E-state index is -0.663. The highest BCUT2D eigenvalue weighted by Crippen LogP contribution is 2.43. The number of carbonyl (C=O) groups is 4. The molecule has 0 saturated carbocycles. The second-order valence-electron chi connectivity index (χ2n) is 15.1. The van der Waals surface area contributed by atoms with Crippen LogP contribution in [0.5, 0.6) is 0 Å². The first-order valence-corrected chi connectivity index (χ1v) is 18.7. The topological polar surface area (TPSA) is 165 Å². The van der Waals surface area contributed by atoms with Crippen molar-refractivity contribution in [2.24, 2.45) is 0 Å². The SMILES string of the molecule is C=CC1=C(C)c2cc3nc(c(CC(=O)OC)c4[nH]c(cc5[nH]c(cc1n2)c(C)c5CC)c(C)c4C(=O)NCCC(=O)OC(C)(C)C)[C@@H](CCC(=O)OC)[C@@H]3C. The molecule has 292 valence electrons. The smallest absolute Gasteiger partial charge is 0.310 e. The normalized spacial score (nSPS) is 15.5. The second-order valence-corrected chi connectivity index (χ2v) is 15.1. The standard InChI is InChI=1S/C43H53N5O7/c1-12-26-22(3)30-19-32-24(5)28(14-15-36(49)53-10)40(47-32)29(18-38(51)54-11)41-39(42(52)44-17-16-37(50)55-43(7,8)9)25(6)33(48-41)21-35-27(13-2)23(4)31(46-35)20-34(26)45-30/h12,19-21,24,28,46,48H,1,13-18H2,2-11H3,(H,44,52)/t24-,28-/m0/s1. The first kappa shape index (κ1) is 40.7. The minimum absolute atomic E-state index is 0.0290. The third-order valence-electron chi connectivity index (χ3n) is 10.4. The van der Waals surface area contributed by atoms with Gasteiger partial charge in [0.2, 0.25) is 0 Å². The van der Waals surface area contributed by atoms with Gasteiger partial charge in [-0.2, -0.15) is 0 Å². The summed E-state index contributed by atoms with van der Waals surface area (Å²) in [7, 11) is 2.66. The number of esters is 3. The summed E-state index contributed by atoms with van der Waals surface area (Å²) in [5.74, 6) is -2.30. The number of rotatable bonds is 11. The van der Waals surface area contributed by atoms with Crippen LogP contribution in [-0.2, 0) is 41.4 Å². The number of hydrogen-bond donors (Lipinski definition) is 3. The molecule has 8 bridgehead atoms. The summed E-state index contributed by atoms with van der Waals surface area (Å²) in [6.45, 7) is 19.5. The number of allylic oxidation sites excluding steroid dienone is 3. The minimum Gasteiger partial charge on any atom is -0.469 e. The number of methoxy groups -OCH3 is 2. The molecule has 0 saturated heterocycles. The zero-order chi connectivity index (χ0) is 40.4. The Kier molecular flexibility index (Phi) is 12.2. The maximum absolute atomic E-state index is 14.3. The molecule has 0 aliphatic carbocycles. The van der Waals surface area contributed by atoms with Crippen molar-refractivity contribution in [3.63, 3.8) is 0 Å². The average molecular weight is 752 g/mol. The number of ether oxygens (including phenoxy) is 3. The van der Waals surface area contributed by atoms with Gasteiger partial charge in [-0.15, -0.1) is 0 Å². The van der Waals surface area contributed by atoms with E-state index < -0.39 is 23.4 Å². The predicted molar refractivity (Wildman–Crippen MR) is 213 cm³/mol. The van der Waals surface area contributed by atoms with Crippen LogP contribution in [0.15, 0.2) is 30.9 Å². The van der Waals surface area contributed by atoms with Crippen LogP contribution in [0.1, 0.15) is 128 Å². The molecular formula is C43H53N5O7. The fraction of sp³-hybridized carbons (Fsp3) is 0.442. The van der Waals surface area contributed by atoms with Crippen molar-refractivity contribution in [2.75, 3.05) is 20.8 Å². The fourth-order valence-electron chi connectivity index (χ4n) is 7.47. The number of nitrogens with one attached hydrogen (secondary N) is 3. The van der Waals surface area contributed by atoms with Gasteiger partial charge in [-0.3, -0.25) is 24.2 Å². The van der Waals surface area contributed by atoms with Gasteiger partial charge >= 0.3 is 17.9 Å². The number of aromatic nitrogens is 4. The predicted octanol–water partition coefficient (Wildman–Crippen LogP) is 7.63. The van der Waals surface area contributed by atoms with Gasteiger partial charge in [0.25, 0.3) is 5.91 Å². The molecule has 3 aromatic heterocycles. The van der Waals surface area contributed by atoms with E-state index in [0.29, 0.717) is 45.5 Å². The molecule has 3 N–H and O–H groups in total. The van der Waals surface area contributed by atoms with Gasteiger partial charge in [0, 0.05) is 58.2 Å². The van der Waals surface area contributed by atoms with E-state index in [1.165, 1.54) is 14.2 Å². The van der Waals surface area contributed by atoms with Crippen molar-refractivity contribution in [1.29, 1.82) is 0 Å². The van der Waals surface area contributed by atoms with Gasteiger partial charge in [-0.1, -0.05) is 26.5 Å². The van der Waals surface area contributed by atoms with Gasteiger partial charge in [-0.25, -0.2) is 4.98 Å². The van der Waals surface area contributed by atoms with Crippen LogP contribution in [0.25, 0.3) is 33.2 Å². The maximum Gasteiger partial charge on any atom is 0.310 e. The summed E-state index contributed by atoms with van der Waals surface area (Å²) in [6, 6.07) is 5.97. The van der Waals surface area contributed by atoms with Crippen LogP contribution < -0.4 is 5.32 Å². The molecule has 2 aliphatic rings. The third kappa shape index (κ3) is 8.58. The van der Waals surface area contributed by atoms with E-state index >= 15 is 0 Å². The molecular weight excluding hydrogens is 699 g/mol. The lowest BCUT2D eigenvalue weighted by atomic mass is 9.85. The molecule has 0 aromatic carbocycles. The molecule has 3 aromatic rings. The molecule has 5 heterocycles. The van der Waals surface area contributed by atoms with Gasteiger partial charge in [-0.05, 0) is 94.8 Å².